The van der Waals surface area contributed by atoms with Gasteiger partial charge >= 0.3 is 0 Å². The fourth-order valence-electron chi connectivity index (χ4n) is 2.68. The van der Waals surface area contributed by atoms with E-state index in [2.05, 4.69) is 33.5 Å². The largest absolute Gasteiger partial charge is 0.494 e. The number of thiocarbonyl (C=S) groups is 1. The maximum absolute atomic E-state index is 12.8. The van der Waals surface area contributed by atoms with Gasteiger partial charge in [-0.05, 0) is 55.9 Å². The van der Waals surface area contributed by atoms with Gasteiger partial charge in [-0.25, -0.2) is 0 Å². The summed E-state index contributed by atoms with van der Waals surface area (Å²) in [7, 11) is 0. The van der Waals surface area contributed by atoms with Crippen molar-refractivity contribution in [3.05, 3.63) is 52.5 Å². The zero-order valence-electron chi connectivity index (χ0n) is 16.8. The number of carbonyl (C=O) groups excluding carboxylic acids is 1. The zero-order valence-corrected chi connectivity index (χ0v) is 19.2. The van der Waals surface area contributed by atoms with E-state index in [1.54, 1.807) is 12.1 Å². The Balaban J connectivity index is 1.99. The molecule has 2 N–H and O–H groups in total. The number of benzene rings is 2. The summed E-state index contributed by atoms with van der Waals surface area (Å²) in [4.78, 5) is 12.8. The first-order chi connectivity index (χ1) is 14.0. The van der Waals surface area contributed by atoms with Gasteiger partial charge in [0, 0.05) is 16.2 Å². The number of amides is 1. The Labute approximate surface area is 186 Å². The van der Waals surface area contributed by atoms with Crippen LogP contribution < -0.4 is 20.1 Å². The summed E-state index contributed by atoms with van der Waals surface area (Å²) in [5.74, 6) is 0.953. The van der Waals surface area contributed by atoms with Gasteiger partial charge in [0.05, 0.1) is 18.8 Å². The highest BCUT2D eigenvalue weighted by Gasteiger charge is 2.15. The van der Waals surface area contributed by atoms with Gasteiger partial charge < -0.3 is 14.8 Å². The molecule has 0 aromatic heterocycles. The van der Waals surface area contributed by atoms with Crippen LogP contribution in [-0.4, -0.2) is 24.2 Å². The second-order valence-corrected chi connectivity index (χ2v) is 7.74. The van der Waals surface area contributed by atoms with Crippen LogP contribution in [0.5, 0.6) is 11.5 Å². The van der Waals surface area contributed by atoms with Crippen molar-refractivity contribution in [3.8, 4) is 11.5 Å². The molecule has 2 aromatic carbocycles. The molecule has 0 radical (unpaired) electrons. The van der Waals surface area contributed by atoms with Crippen molar-refractivity contribution in [2.75, 3.05) is 18.5 Å². The SMILES string of the molecule is CCCCCCOc1ccc(Br)cc1C(=O)NC(=S)Nc1cccc(OCC)c1. The molecule has 0 saturated heterocycles. The van der Waals surface area contributed by atoms with E-state index in [4.69, 9.17) is 21.7 Å². The summed E-state index contributed by atoms with van der Waals surface area (Å²) in [6, 6.07) is 12.8. The molecule has 29 heavy (non-hydrogen) atoms. The standard InChI is InChI=1S/C22H27BrN2O3S/c1-3-5-6-7-13-28-20-12-11-16(23)14-19(20)21(26)25-22(29)24-17-9-8-10-18(15-17)27-4-2/h8-12,14-15H,3-7,13H2,1-2H3,(H2,24,25,26,29). The second kappa shape index (κ2) is 12.4. The van der Waals surface area contributed by atoms with Crippen LogP contribution in [0.3, 0.4) is 0 Å². The third kappa shape index (κ3) is 8.03. The molecule has 0 saturated carbocycles. The summed E-state index contributed by atoms with van der Waals surface area (Å²) in [6.45, 7) is 5.25. The lowest BCUT2D eigenvalue weighted by molar-refractivity contribution is 0.0973. The van der Waals surface area contributed by atoms with Gasteiger partial charge in [-0.3, -0.25) is 10.1 Å². The first kappa shape index (κ1) is 23.2. The van der Waals surface area contributed by atoms with Gasteiger partial charge in [-0.15, -0.1) is 0 Å². The molecule has 0 heterocycles. The Kier molecular flexibility index (Phi) is 9.94. The van der Waals surface area contributed by atoms with Crippen LogP contribution in [0.2, 0.25) is 0 Å². The molecular formula is C22H27BrN2O3S. The Bertz CT molecular complexity index is 829. The van der Waals surface area contributed by atoms with Crippen LogP contribution in [0.1, 0.15) is 49.9 Å². The van der Waals surface area contributed by atoms with Crippen molar-refractivity contribution >= 4 is 44.9 Å². The monoisotopic (exact) mass is 478 g/mol. The number of rotatable bonds is 10. The number of hydrogen-bond acceptors (Lipinski definition) is 4. The molecule has 0 bridgehead atoms. The first-order valence-corrected chi connectivity index (χ1v) is 11.0. The predicted octanol–water partition coefficient (Wildman–Crippen LogP) is 5.93. The summed E-state index contributed by atoms with van der Waals surface area (Å²) in [6.07, 6.45) is 4.43. The highest BCUT2D eigenvalue weighted by molar-refractivity contribution is 9.10. The van der Waals surface area contributed by atoms with Crippen molar-refractivity contribution in [3.63, 3.8) is 0 Å². The molecular weight excluding hydrogens is 452 g/mol. The van der Waals surface area contributed by atoms with E-state index in [0.717, 1.165) is 28.8 Å². The molecule has 5 nitrogen and oxygen atoms in total. The van der Waals surface area contributed by atoms with Crippen molar-refractivity contribution in [2.24, 2.45) is 0 Å². The lowest BCUT2D eigenvalue weighted by atomic mass is 10.2. The van der Waals surface area contributed by atoms with E-state index in [0.29, 0.717) is 24.5 Å². The number of carbonyl (C=O) groups is 1. The Morgan fingerprint density at radius 2 is 1.90 bits per heavy atom. The molecule has 0 fully saturated rings. The number of nitrogens with one attached hydrogen (secondary N) is 2. The summed E-state index contributed by atoms with van der Waals surface area (Å²) >= 11 is 8.71. The molecule has 2 rings (SSSR count). The quantitative estimate of drug-likeness (QED) is 0.327. The molecule has 1 amide bonds. The van der Waals surface area contributed by atoms with Gasteiger partial charge in [0.1, 0.15) is 11.5 Å². The average Bonchev–Trinajstić information content (AvgIpc) is 2.69. The van der Waals surface area contributed by atoms with E-state index >= 15 is 0 Å². The number of halogens is 1. The third-order valence-corrected chi connectivity index (χ3v) is 4.77. The van der Waals surface area contributed by atoms with Crippen LogP contribution in [0.25, 0.3) is 0 Å². The zero-order chi connectivity index (χ0) is 21.1. The number of anilines is 1. The lowest BCUT2D eigenvalue weighted by Gasteiger charge is -2.14. The Morgan fingerprint density at radius 3 is 2.66 bits per heavy atom. The fraction of sp³-hybridized carbons (Fsp3) is 0.364. The molecule has 7 heteroatoms. The molecule has 0 unspecified atom stereocenters. The van der Waals surface area contributed by atoms with Gasteiger partial charge in [-0.2, -0.15) is 0 Å². The maximum Gasteiger partial charge on any atom is 0.261 e. The topological polar surface area (TPSA) is 59.6 Å². The smallest absolute Gasteiger partial charge is 0.261 e. The van der Waals surface area contributed by atoms with E-state index < -0.39 is 0 Å². The molecule has 0 aliphatic heterocycles. The fourth-order valence-corrected chi connectivity index (χ4v) is 3.25. The lowest BCUT2D eigenvalue weighted by Crippen LogP contribution is -2.34. The number of unbranched alkanes of at least 4 members (excludes halogenated alkanes) is 3. The van der Waals surface area contributed by atoms with Crippen LogP contribution in [0, 0.1) is 0 Å². The van der Waals surface area contributed by atoms with Crippen LogP contribution in [0.4, 0.5) is 5.69 Å². The Hall–Kier alpha value is -2.12. The summed E-state index contributed by atoms with van der Waals surface area (Å²) in [5, 5.41) is 5.93. The molecule has 0 spiro atoms. The second-order valence-electron chi connectivity index (χ2n) is 6.42. The minimum atomic E-state index is -0.326. The van der Waals surface area contributed by atoms with E-state index in [1.165, 1.54) is 12.8 Å². The highest BCUT2D eigenvalue weighted by Crippen LogP contribution is 2.24. The van der Waals surface area contributed by atoms with Crippen LogP contribution in [-0.2, 0) is 0 Å². The highest BCUT2D eigenvalue weighted by atomic mass is 79.9. The minimum absolute atomic E-state index is 0.206. The third-order valence-electron chi connectivity index (χ3n) is 4.07. The predicted molar refractivity (Wildman–Crippen MR) is 125 cm³/mol. The van der Waals surface area contributed by atoms with Gasteiger partial charge in [0.15, 0.2) is 5.11 Å². The normalized spacial score (nSPS) is 10.3. The molecule has 0 atom stereocenters. The van der Waals surface area contributed by atoms with Gasteiger partial charge in [0.25, 0.3) is 5.91 Å². The minimum Gasteiger partial charge on any atom is -0.494 e. The van der Waals surface area contributed by atoms with Crippen LogP contribution in [0.15, 0.2) is 46.9 Å². The first-order valence-electron chi connectivity index (χ1n) is 9.81. The summed E-state index contributed by atoms with van der Waals surface area (Å²) < 4.78 is 12.1. The maximum atomic E-state index is 12.8. The summed E-state index contributed by atoms with van der Waals surface area (Å²) in [5.41, 5.74) is 1.17. The van der Waals surface area contributed by atoms with Crippen molar-refractivity contribution in [1.82, 2.24) is 5.32 Å². The van der Waals surface area contributed by atoms with Crippen LogP contribution >= 0.6 is 28.1 Å². The molecule has 2 aromatic rings. The van der Waals surface area contributed by atoms with Gasteiger partial charge in [-0.1, -0.05) is 48.2 Å². The van der Waals surface area contributed by atoms with Crippen molar-refractivity contribution in [1.29, 1.82) is 0 Å². The number of ether oxygens (including phenoxy) is 2. The van der Waals surface area contributed by atoms with E-state index in [9.17, 15) is 4.79 Å². The van der Waals surface area contributed by atoms with E-state index in [-0.39, 0.29) is 11.0 Å². The Morgan fingerprint density at radius 1 is 1.07 bits per heavy atom. The van der Waals surface area contributed by atoms with Crippen molar-refractivity contribution in [2.45, 2.75) is 39.5 Å². The van der Waals surface area contributed by atoms with Crippen molar-refractivity contribution < 1.29 is 14.3 Å². The van der Waals surface area contributed by atoms with E-state index in [1.807, 2.05) is 37.3 Å². The number of hydrogen-bond donors (Lipinski definition) is 2. The van der Waals surface area contributed by atoms with Gasteiger partial charge in [0.2, 0.25) is 0 Å². The molecule has 156 valence electrons. The molecule has 0 aliphatic rings. The average molecular weight is 479 g/mol. The molecule has 0 aliphatic carbocycles.